The molecule has 3 N–H and O–H groups in total. The zero-order chi connectivity index (χ0) is 26.4. The SMILES string of the molecule is CN1C(=O)N/C(=C\c2cc(O[C@H]3CC[C@H](N4CCOCC4)CC3)c3c4c(sc3n2)CC[C@@H]4CC(N)=O)C1=O. The summed E-state index contributed by atoms with van der Waals surface area (Å²) in [4.78, 5) is 46.7. The fraction of sp³-hybridized carbons (Fsp3) is 0.556. The topological polar surface area (TPSA) is 127 Å². The number of carbonyl (C=O) groups is 3. The van der Waals surface area contributed by atoms with Gasteiger partial charge in [0.25, 0.3) is 5.91 Å². The zero-order valence-electron chi connectivity index (χ0n) is 21.5. The monoisotopic (exact) mass is 539 g/mol. The molecule has 11 heteroatoms. The second kappa shape index (κ2) is 10.3. The molecule has 38 heavy (non-hydrogen) atoms. The number of nitrogens with two attached hydrogens (primary N) is 1. The third kappa shape index (κ3) is 4.78. The number of morpholine rings is 1. The van der Waals surface area contributed by atoms with Crippen molar-refractivity contribution in [3.8, 4) is 5.75 Å². The van der Waals surface area contributed by atoms with Crippen LogP contribution >= 0.6 is 11.3 Å². The molecule has 3 fully saturated rings. The molecule has 6 rings (SSSR count). The number of fused-ring (bicyclic) bond motifs is 3. The number of hydrogen-bond donors (Lipinski definition) is 2. The summed E-state index contributed by atoms with van der Waals surface area (Å²) in [6, 6.07) is 1.98. The van der Waals surface area contributed by atoms with Crippen molar-refractivity contribution in [1.29, 1.82) is 0 Å². The van der Waals surface area contributed by atoms with Crippen molar-refractivity contribution >= 4 is 45.5 Å². The van der Waals surface area contributed by atoms with Crippen LogP contribution in [0.25, 0.3) is 16.3 Å². The number of ether oxygens (including phenoxy) is 2. The molecule has 2 aromatic rings. The lowest BCUT2D eigenvalue weighted by Gasteiger charge is -2.38. The molecule has 2 aliphatic heterocycles. The third-order valence-corrected chi connectivity index (χ3v) is 9.37. The lowest BCUT2D eigenvalue weighted by Crippen LogP contribution is -2.46. The summed E-state index contributed by atoms with van der Waals surface area (Å²) >= 11 is 1.61. The van der Waals surface area contributed by atoms with Gasteiger partial charge in [0.05, 0.1) is 30.4 Å². The Morgan fingerprint density at radius 3 is 2.68 bits per heavy atom. The Morgan fingerprint density at radius 2 is 2.00 bits per heavy atom. The summed E-state index contributed by atoms with van der Waals surface area (Å²) in [5, 5.41) is 3.57. The normalized spacial score (nSPS) is 27.2. The van der Waals surface area contributed by atoms with E-state index in [1.165, 1.54) is 11.9 Å². The van der Waals surface area contributed by atoms with E-state index >= 15 is 0 Å². The van der Waals surface area contributed by atoms with Crippen molar-refractivity contribution in [3.05, 3.63) is 27.9 Å². The number of thiophene rings is 1. The molecule has 0 spiro atoms. The van der Waals surface area contributed by atoms with E-state index in [0.717, 1.165) is 91.3 Å². The van der Waals surface area contributed by atoms with E-state index in [1.54, 1.807) is 17.4 Å². The van der Waals surface area contributed by atoms with E-state index in [2.05, 4.69) is 10.2 Å². The fourth-order valence-corrected chi connectivity index (χ4v) is 7.55. The summed E-state index contributed by atoms with van der Waals surface area (Å²) in [6.45, 7) is 3.59. The van der Waals surface area contributed by atoms with Crippen LogP contribution in [-0.2, 0) is 20.7 Å². The van der Waals surface area contributed by atoms with Gasteiger partial charge in [-0.1, -0.05) is 0 Å². The van der Waals surface area contributed by atoms with Gasteiger partial charge < -0.3 is 20.5 Å². The zero-order valence-corrected chi connectivity index (χ0v) is 22.3. The number of pyridine rings is 1. The first-order chi connectivity index (χ1) is 18.4. The predicted molar refractivity (Wildman–Crippen MR) is 143 cm³/mol. The van der Waals surface area contributed by atoms with Crippen LogP contribution in [0.15, 0.2) is 11.8 Å². The maximum absolute atomic E-state index is 12.5. The molecule has 2 aliphatic carbocycles. The van der Waals surface area contributed by atoms with E-state index < -0.39 is 11.9 Å². The number of urea groups is 1. The van der Waals surface area contributed by atoms with Crippen molar-refractivity contribution in [2.75, 3.05) is 33.4 Å². The van der Waals surface area contributed by atoms with E-state index in [9.17, 15) is 14.4 Å². The standard InChI is InChI=1S/C27H33N5O5S/c1-31-26(34)19(30-27(31)35)13-16-14-20(37-18-5-3-17(4-6-18)32-8-10-36-11-9-32)24-23-15(12-22(28)33)2-7-21(23)38-25(24)29-16/h13-15,17-18H,2-12H2,1H3,(H2,28,33)(H,30,35)/b19-13-/t15-,17-,18-/m1/s1. The lowest BCUT2D eigenvalue weighted by atomic mass is 9.91. The molecular weight excluding hydrogens is 506 g/mol. The number of aromatic nitrogens is 1. The Labute approximate surface area is 225 Å². The van der Waals surface area contributed by atoms with Gasteiger partial charge >= 0.3 is 6.03 Å². The minimum Gasteiger partial charge on any atom is -0.490 e. The second-order valence-corrected chi connectivity index (χ2v) is 11.7. The van der Waals surface area contributed by atoms with Crippen LogP contribution in [0.1, 0.15) is 60.6 Å². The quantitative estimate of drug-likeness (QED) is 0.427. The molecule has 4 aliphatic rings. The number of imide groups is 1. The molecule has 0 aromatic carbocycles. The largest absolute Gasteiger partial charge is 0.490 e. The molecule has 202 valence electrons. The van der Waals surface area contributed by atoms with Crippen molar-refractivity contribution in [3.63, 3.8) is 0 Å². The fourth-order valence-electron chi connectivity index (χ4n) is 6.25. The van der Waals surface area contributed by atoms with Gasteiger partial charge in [-0.25, -0.2) is 9.78 Å². The van der Waals surface area contributed by atoms with Gasteiger partial charge in [-0.05, 0) is 56.1 Å². The number of amides is 4. The Hall–Kier alpha value is -3.02. The molecular formula is C27H33N5O5S. The van der Waals surface area contributed by atoms with Crippen LogP contribution in [0.4, 0.5) is 4.79 Å². The first-order valence-electron chi connectivity index (χ1n) is 13.4. The van der Waals surface area contributed by atoms with Gasteiger partial charge in [0.1, 0.15) is 16.3 Å². The maximum atomic E-state index is 12.5. The minimum absolute atomic E-state index is 0.0611. The van der Waals surface area contributed by atoms with Gasteiger partial charge in [-0.3, -0.25) is 19.4 Å². The summed E-state index contributed by atoms with van der Waals surface area (Å²) in [6.07, 6.45) is 7.83. The predicted octanol–water partition coefficient (Wildman–Crippen LogP) is 2.75. The van der Waals surface area contributed by atoms with Crippen LogP contribution in [0.2, 0.25) is 0 Å². The first kappa shape index (κ1) is 25.3. The average Bonchev–Trinajstić information content (AvgIpc) is 3.54. The molecule has 0 radical (unpaired) electrons. The number of carbonyl (C=O) groups excluding carboxylic acids is 3. The maximum Gasteiger partial charge on any atom is 0.328 e. The molecule has 0 bridgehead atoms. The number of aryl methyl sites for hydroxylation is 1. The number of hydrogen-bond acceptors (Lipinski definition) is 8. The van der Waals surface area contributed by atoms with E-state index in [4.69, 9.17) is 20.2 Å². The molecule has 1 atom stereocenters. The second-order valence-electron chi connectivity index (χ2n) is 10.6. The number of likely N-dealkylation sites (N-methyl/N-ethyl adjacent to an activating group) is 1. The number of primary amides is 1. The van der Waals surface area contributed by atoms with Gasteiger partial charge in [-0.2, -0.15) is 0 Å². The van der Waals surface area contributed by atoms with Crippen LogP contribution < -0.4 is 15.8 Å². The van der Waals surface area contributed by atoms with Gasteiger partial charge in [-0.15, -0.1) is 11.3 Å². The molecule has 2 saturated heterocycles. The van der Waals surface area contributed by atoms with Crippen molar-refractivity contribution in [2.45, 2.75) is 63.0 Å². The number of nitrogens with one attached hydrogen (secondary N) is 1. The molecule has 1 saturated carbocycles. The molecule has 10 nitrogen and oxygen atoms in total. The number of rotatable bonds is 6. The molecule has 4 heterocycles. The highest BCUT2D eigenvalue weighted by Crippen LogP contribution is 2.48. The smallest absolute Gasteiger partial charge is 0.328 e. The van der Waals surface area contributed by atoms with E-state index in [-0.39, 0.29) is 23.6 Å². The summed E-state index contributed by atoms with van der Waals surface area (Å²) in [7, 11) is 1.44. The van der Waals surface area contributed by atoms with Gasteiger partial charge in [0.15, 0.2) is 0 Å². The highest BCUT2D eigenvalue weighted by Gasteiger charge is 2.34. The lowest BCUT2D eigenvalue weighted by molar-refractivity contribution is -0.122. The highest BCUT2D eigenvalue weighted by molar-refractivity contribution is 7.19. The summed E-state index contributed by atoms with van der Waals surface area (Å²) in [5.41, 5.74) is 7.47. The summed E-state index contributed by atoms with van der Waals surface area (Å²) in [5.74, 6) is 0.0951. The van der Waals surface area contributed by atoms with E-state index in [1.807, 2.05) is 6.07 Å². The average molecular weight is 540 g/mol. The van der Waals surface area contributed by atoms with E-state index in [0.29, 0.717) is 18.2 Å². The molecule has 0 unspecified atom stereocenters. The van der Waals surface area contributed by atoms with Crippen molar-refractivity contribution in [2.24, 2.45) is 5.73 Å². The first-order valence-corrected chi connectivity index (χ1v) is 14.2. The summed E-state index contributed by atoms with van der Waals surface area (Å²) < 4.78 is 12.2. The Balaban J connectivity index is 1.31. The van der Waals surface area contributed by atoms with Crippen LogP contribution in [0.5, 0.6) is 5.75 Å². The van der Waals surface area contributed by atoms with Crippen molar-refractivity contribution in [1.82, 2.24) is 20.1 Å². The van der Waals surface area contributed by atoms with Gasteiger partial charge in [0.2, 0.25) is 5.91 Å². The van der Waals surface area contributed by atoms with Crippen molar-refractivity contribution < 1.29 is 23.9 Å². The molecule has 2 aromatic heterocycles. The number of nitrogens with zero attached hydrogens (tertiary/aromatic N) is 3. The Bertz CT molecular complexity index is 1310. The van der Waals surface area contributed by atoms with Crippen LogP contribution in [-0.4, -0.2) is 78.1 Å². The van der Waals surface area contributed by atoms with Crippen LogP contribution in [0, 0.1) is 0 Å². The Morgan fingerprint density at radius 1 is 1.24 bits per heavy atom. The van der Waals surface area contributed by atoms with Gasteiger partial charge in [0, 0.05) is 43.5 Å². The third-order valence-electron chi connectivity index (χ3n) is 8.21. The Kier molecular flexibility index (Phi) is 6.83. The minimum atomic E-state index is -0.458. The van der Waals surface area contributed by atoms with Crippen LogP contribution in [0.3, 0.4) is 0 Å². The molecule has 4 amide bonds. The highest BCUT2D eigenvalue weighted by atomic mass is 32.1.